The molecule has 0 spiro atoms. The summed E-state index contributed by atoms with van der Waals surface area (Å²) < 4.78 is 5.31. The molecule has 1 aromatic rings. The molecule has 2 atom stereocenters. The topological polar surface area (TPSA) is 41.6 Å². The number of hydrogen-bond acceptors (Lipinski definition) is 3. The SMILES string of the molecule is O=C(NCCN1CCOCC1)C1CC1c1ccccc1. The van der Waals surface area contributed by atoms with Crippen molar-refractivity contribution in [3.63, 3.8) is 0 Å². The number of nitrogens with one attached hydrogen (secondary N) is 1. The van der Waals surface area contributed by atoms with Gasteiger partial charge in [-0.05, 0) is 17.9 Å². The second-order valence-electron chi connectivity index (χ2n) is 5.60. The molecule has 1 N–H and O–H groups in total. The van der Waals surface area contributed by atoms with E-state index in [-0.39, 0.29) is 11.8 Å². The molecule has 0 radical (unpaired) electrons. The van der Waals surface area contributed by atoms with Crippen molar-refractivity contribution < 1.29 is 9.53 Å². The number of rotatable bonds is 5. The minimum absolute atomic E-state index is 0.182. The molecule has 2 aliphatic rings. The first-order chi connectivity index (χ1) is 9.84. The third kappa shape index (κ3) is 3.38. The molecule has 1 aliphatic heterocycles. The number of ether oxygens (including phenoxy) is 1. The largest absolute Gasteiger partial charge is 0.379 e. The molecule has 1 amide bonds. The quantitative estimate of drug-likeness (QED) is 0.878. The average molecular weight is 274 g/mol. The smallest absolute Gasteiger partial charge is 0.223 e. The summed E-state index contributed by atoms with van der Waals surface area (Å²) in [6.45, 7) is 5.26. The fourth-order valence-corrected chi connectivity index (χ4v) is 2.85. The fraction of sp³-hybridized carbons (Fsp3) is 0.562. The Bertz CT molecular complexity index is 443. The number of nitrogens with zero attached hydrogens (tertiary/aromatic N) is 1. The third-order valence-electron chi connectivity index (χ3n) is 4.19. The van der Waals surface area contributed by atoms with E-state index in [4.69, 9.17) is 4.74 Å². The van der Waals surface area contributed by atoms with Crippen LogP contribution >= 0.6 is 0 Å². The molecular weight excluding hydrogens is 252 g/mol. The second-order valence-corrected chi connectivity index (χ2v) is 5.60. The Labute approximate surface area is 120 Å². The highest BCUT2D eigenvalue weighted by Crippen LogP contribution is 2.47. The van der Waals surface area contributed by atoms with Gasteiger partial charge in [0.25, 0.3) is 0 Å². The molecule has 4 nitrogen and oxygen atoms in total. The Balaban J connectivity index is 1.38. The molecule has 1 heterocycles. The molecular formula is C16H22N2O2. The maximum absolute atomic E-state index is 12.1. The van der Waals surface area contributed by atoms with Crippen LogP contribution < -0.4 is 5.32 Å². The monoisotopic (exact) mass is 274 g/mol. The number of benzene rings is 1. The zero-order valence-electron chi connectivity index (χ0n) is 11.8. The average Bonchev–Trinajstić information content (AvgIpc) is 3.30. The van der Waals surface area contributed by atoms with Crippen LogP contribution in [0.4, 0.5) is 0 Å². The van der Waals surface area contributed by atoms with Gasteiger partial charge in [0.2, 0.25) is 5.91 Å². The van der Waals surface area contributed by atoms with Gasteiger partial charge in [-0.25, -0.2) is 0 Å². The second kappa shape index (κ2) is 6.37. The highest BCUT2D eigenvalue weighted by atomic mass is 16.5. The Morgan fingerprint density at radius 3 is 2.75 bits per heavy atom. The lowest BCUT2D eigenvalue weighted by Crippen LogP contribution is -2.41. The van der Waals surface area contributed by atoms with Crippen molar-refractivity contribution in [2.24, 2.45) is 5.92 Å². The lowest BCUT2D eigenvalue weighted by Gasteiger charge is -2.26. The molecule has 20 heavy (non-hydrogen) atoms. The Hall–Kier alpha value is -1.39. The summed E-state index contributed by atoms with van der Waals surface area (Å²) >= 11 is 0. The van der Waals surface area contributed by atoms with Crippen molar-refractivity contribution >= 4 is 5.91 Å². The van der Waals surface area contributed by atoms with Crippen LogP contribution in [0.5, 0.6) is 0 Å². The first kappa shape index (κ1) is 13.6. The van der Waals surface area contributed by atoms with Crippen molar-refractivity contribution in [1.29, 1.82) is 0 Å². The first-order valence-electron chi connectivity index (χ1n) is 7.47. The number of amides is 1. The zero-order chi connectivity index (χ0) is 13.8. The molecule has 108 valence electrons. The summed E-state index contributed by atoms with van der Waals surface area (Å²) in [5.41, 5.74) is 1.29. The normalized spacial score (nSPS) is 26.2. The molecule has 1 saturated carbocycles. The van der Waals surface area contributed by atoms with Gasteiger partial charge in [-0.15, -0.1) is 0 Å². The highest BCUT2D eigenvalue weighted by molar-refractivity contribution is 5.82. The van der Waals surface area contributed by atoms with Crippen LogP contribution in [0.25, 0.3) is 0 Å². The summed E-state index contributed by atoms with van der Waals surface area (Å²) in [6, 6.07) is 10.3. The van der Waals surface area contributed by atoms with Gasteiger partial charge in [0, 0.05) is 32.1 Å². The number of carbonyl (C=O) groups is 1. The van der Waals surface area contributed by atoms with E-state index >= 15 is 0 Å². The van der Waals surface area contributed by atoms with Crippen molar-refractivity contribution in [3.8, 4) is 0 Å². The number of morpholine rings is 1. The molecule has 0 aromatic heterocycles. The molecule has 4 heteroatoms. The Kier molecular flexibility index (Phi) is 4.33. The molecule has 1 saturated heterocycles. The predicted molar refractivity (Wildman–Crippen MR) is 77.6 cm³/mol. The predicted octanol–water partition coefficient (Wildman–Crippen LogP) is 1.24. The maximum atomic E-state index is 12.1. The van der Waals surface area contributed by atoms with E-state index in [9.17, 15) is 4.79 Å². The van der Waals surface area contributed by atoms with Crippen molar-refractivity contribution in [2.45, 2.75) is 12.3 Å². The lowest BCUT2D eigenvalue weighted by molar-refractivity contribution is -0.122. The fourth-order valence-electron chi connectivity index (χ4n) is 2.85. The van der Waals surface area contributed by atoms with Gasteiger partial charge in [-0.2, -0.15) is 0 Å². The van der Waals surface area contributed by atoms with E-state index in [0.29, 0.717) is 5.92 Å². The van der Waals surface area contributed by atoms with Crippen LogP contribution in [0.15, 0.2) is 30.3 Å². The van der Waals surface area contributed by atoms with Crippen LogP contribution in [0.3, 0.4) is 0 Å². The van der Waals surface area contributed by atoms with Gasteiger partial charge < -0.3 is 10.1 Å². The summed E-state index contributed by atoms with van der Waals surface area (Å²) in [7, 11) is 0. The van der Waals surface area contributed by atoms with E-state index in [0.717, 1.165) is 45.8 Å². The Morgan fingerprint density at radius 1 is 1.25 bits per heavy atom. The van der Waals surface area contributed by atoms with E-state index < -0.39 is 0 Å². The van der Waals surface area contributed by atoms with E-state index in [1.54, 1.807) is 0 Å². The van der Waals surface area contributed by atoms with Crippen LogP contribution in [0, 0.1) is 5.92 Å². The van der Waals surface area contributed by atoms with E-state index in [1.165, 1.54) is 5.56 Å². The summed E-state index contributed by atoms with van der Waals surface area (Å²) in [5, 5.41) is 3.07. The van der Waals surface area contributed by atoms with Gasteiger partial charge in [0.05, 0.1) is 13.2 Å². The summed E-state index contributed by atoms with van der Waals surface area (Å²) in [5.74, 6) is 0.828. The highest BCUT2D eigenvalue weighted by Gasteiger charge is 2.43. The van der Waals surface area contributed by atoms with E-state index in [2.05, 4.69) is 22.3 Å². The van der Waals surface area contributed by atoms with Gasteiger partial charge in [0.15, 0.2) is 0 Å². The van der Waals surface area contributed by atoms with Crippen molar-refractivity contribution in [2.75, 3.05) is 39.4 Å². The molecule has 2 unspecified atom stereocenters. The van der Waals surface area contributed by atoms with Crippen LogP contribution in [0.1, 0.15) is 17.9 Å². The lowest BCUT2D eigenvalue weighted by atomic mass is 10.1. The van der Waals surface area contributed by atoms with Crippen molar-refractivity contribution in [3.05, 3.63) is 35.9 Å². The molecule has 3 rings (SSSR count). The van der Waals surface area contributed by atoms with Crippen LogP contribution in [-0.4, -0.2) is 50.2 Å². The summed E-state index contributed by atoms with van der Waals surface area (Å²) in [4.78, 5) is 14.4. The van der Waals surface area contributed by atoms with Crippen LogP contribution in [0.2, 0.25) is 0 Å². The minimum atomic E-state index is 0.182. The maximum Gasteiger partial charge on any atom is 0.223 e. The standard InChI is InChI=1S/C16H22N2O2/c19-16(17-6-7-18-8-10-20-11-9-18)15-12-14(15)13-4-2-1-3-5-13/h1-5,14-15H,6-12H2,(H,17,19). The minimum Gasteiger partial charge on any atom is -0.379 e. The third-order valence-corrected chi connectivity index (χ3v) is 4.19. The van der Waals surface area contributed by atoms with Gasteiger partial charge in [-0.3, -0.25) is 9.69 Å². The number of hydrogen-bond donors (Lipinski definition) is 1. The van der Waals surface area contributed by atoms with Crippen molar-refractivity contribution in [1.82, 2.24) is 10.2 Å². The molecule has 1 aliphatic carbocycles. The van der Waals surface area contributed by atoms with Gasteiger partial charge in [-0.1, -0.05) is 30.3 Å². The molecule has 0 bridgehead atoms. The van der Waals surface area contributed by atoms with E-state index in [1.807, 2.05) is 18.2 Å². The van der Waals surface area contributed by atoms with Gasteiger partial charge in [0.1, 0.15) is 0 Å². The molecule has 2 fully saturated rings. The molecule has 1 aromatic carbocycles. The Morgan fingerprint density at radius 2 is 2.00 bits per heavy atom. The zero-order valence-corrected chi connectivity index (χ0v) is 11.8. The summed E-state index contributed by atoms with van der Waals surface area (Å²) in [6.07, 6.45) is 0.993. The number of carbonyl (C=O) groups excluding carboxylic acids is 1. The van der Waals surface area contributed by atoms with Gasteiger partial charge >= 0.3 is 0 Å². The first-order valence-corrected chi connectivity index (χ1v) is 7.47. The van der Waals surface area contributed by atoms with Crippen LogP contribution in [-0.2, 0) is 9.53 Å².